The summed E-state index contributed by atoms with van der Waals surface area (Å²) in [7, 11) is 0. The fourth-order valence-electron chi connectivity index (χ4n) is 2.70. The second kappa shape index (κ2) is 10.9. The largest absolute Gasteiger partial charge is 0.340 e. The predicted molar refractivity (Wildman–Crippen MR) is 124 cm³/mol. The van der Waals surface area contributed by atoms with Crippen LogP contribution in [0.1, 0.15) is 43.9 Å². The summed E-state index contributed by atoms with van der Waals surface area (Å²) in [5.41, 5.74) is 7.97. The van der Waals surface area contributed by atoms with Gasteiger partial charge in [0, 0.05) is 22.7 Å². The van der Waals surface area contributed by atoms with Gasteiger partial charge in [-0.25, -0.2) is 9.97 Å². The van der Waals surface area contributed by atoms with Gasteiger partial charge in [0.15, 0.2) is 5.16 Å². The number of hydrogen-bond acceptors (Lipinski definition) is 7. The number of aromatic nitrogens is 2. The number of aryl methyl sites for hydroxylation is 2. The predicted octanol–water partition coefficient (Wildman–Crippen LogP) is 3.03. The molecule has 2 heterocycles. The number of nitrogens with one attached hydrogen (secondary N) is 3. The van der Waals surface area contributed by atoms with Crippen molar-refractivity contribution < 1.29 is 14.4 Å². The van der Waals surface area contributed by atoms with Gasteiger partial charge in [0.25, 0.3) is 17.7 Å². The summed E-state index contributed by atoms with van der Waals surface area (Å²) in [5.74, 6) is -0.645. The molecule has 1 atom stereocenters. The van der Waals surface area contributed by atoms with E-state index in [1.165, 1.54) is 23.1 Å². The molecule has 3 aromatic rings. The number of benzene rings is 1. The molecule has 0 fully saturated rings. The molecule has 0 saturated carbocycles. The number of hydrazine groups is 1. The van der Waals surface area contributed by atoms with Crippen molar-refractivity contribution in [2.24, 2.45) is 0 Å². The van der Waals surface area contributed by atoms with Gasteiger partial charge in [-0.3, -0.25) is 25.2 Å². The number of carbonyl (C=O) groups excluding carboxylic acids is 3. The molecule has 10 heteroatoms. The van der Waals surface area contributed by atoms with Gasteiger partial charge >= 0.3 is 0 Å². The van der Waals surface area contributed by atoms with Crippen molar-refractivity contribution in [3.8, 4) is 0 Å². The van der Waals surface area contributed by atoms with Crippen LogP contribution in [0, 0.1) is 13.8 Å². The zero-order valence-electron chi connectivity index (χ0n) is 17.8. The van der Waals surface area contributed by atoms with Gasteiger partial charge in [-0.1, -0.05) is 30.0 Å². The minimum Gasteiger partial charge on any atom is -0.340 e. The van der Waals surface area contributed by atoms with Gasteiger partial charge in [-0.15, -0.1) is 11.3 Å². The summed E-state index contributed by atoms with van der Waals surface area (Å²) in [4.78, 5) is 45.8. The first-order valence-corrected chi connectivity index (χ1v) is 11.7. The van der Waals surface area contributed by atoms with Gasteiger partial charge < -0.3 is 5.32 Å². The van der Waals surface area contributed by atoms with Gasteiger partial charge in [0.1, 0.15) is 6.04 Å². The van der Waals surface area contributed by atoms with Crippen LogP contribution >= 0.6 is 23.1 Å². The zero-order valence-corrected chi connectivity index (χ0v) is 19.5. The first kappa shape index (κ1) is 23.4. The lowest BCUT2D eigenvalue weighted by molar-refractivity contribution is -0.123. The summed E-state index contributed by atoms with van der Waals surface area (Å²) in [5, 5.41) is 5.08. The second-order valence-corrected chi connectivity index (χ2v) is 8.92. The van der Waals surface area contributed by atoms with E-state index in [9.17, 15) is 14.4 Å². The van der Waals surface area contributed by atoms with Crippen molar-refractivity contribution in [1.29, 1.82) is 0 Å². The molecule has 3 N–H and O–H groups in total. The highest BCUT2D eigenvalue weighted by molar-refractivity contribution is 7.98. The topological polar surface area (TPSA) is 113 Å². The van der Waals surface area contributed by atoms with Crippen LogP contribution in [0.5, 0.6) is 0 Å². The molecule has 0 aliphatic heterocycles. The molecule has 32 heavy (non-hydrogen) atoms. The normalized spacial score (nSPS) is 11.5. The highest BCUT2D eigenvalue weighted by atomic mass is 32.2. The average molecular weight is 470 g/mol. The summed E-state index contributed by atoms with van der Waals surface area (Å²) >= 11 is 2.81. The van der Waals surface area contributed by atoms with E-state index in [-0.39, 0.29) is 5.91 Å². The Morgan fingerprint density at radius 3 is 2.31 bits per heavy atom. The van der Waals surface area contributed by atoms with Crippen molar-refractivity contribution in [3.05, 3.63) is 75.2 Å². The third-order valence-electron chi connectivity index (χ3n) is 4.33. The maximum absolute atomic E-state index is 12.3. The molecule has 0 unspecified atom stereocenters. The van der Waals surface area contributed by atoms with Crippen LogP contribution in [-0.4, -0.2) is 33.7 Å². The molecule has 0 bridgehead atoms. The number of carbonyl (C=O) groups is 3. The lowest BCUT2D eigenvalue weighted by Crippen LogP contribution is -2.51. The SMILES string of the molecule is Cc1cc(C)nc(SCc2ccc(C(=O)NNC(=O)[C@@H](C)NC(=O)c3cccs3)cc2)n1. The number of thiophene rings is 1. The molecule has 166 valence electrons. The summed E-state index contributed by atoms with van der Waals surface area (Å²) < 4.78 is 0. The first-order valence-electron chi connectivity index (χ1n) is 9.80. The number of rotatable bonds is 7. The lowest BCUT2D eigenvalue weighted by Gasteiger charge is -2.14. The molecule has 1 aromatic carbocycles. The standard InChI is InChI=1S/C22H23N5O3S2/c1-13-11-14(2)24-22(23-13)32-12-16-6-8-17(9-7-16)20(29)27-26-19(28)15(3)25-21(30)18-5-4-10-31-18/h4-11,15H,12H2,1-3H3,(H,25,30)(H,26,28)(H,27,29)/t15-/m1/s1. The molecule has 0 radical (unpaired) electrons. The number of amides is 3. The quantitative estimate of drug-likeness (QED) is 0.279. The average Bonchev–Trinajstić information content (AvgIpc) is 3.30. The molecule has 0 spiro atoms. The van der Waals surface area contributed by atoms with E-state index in [1.54, 1.807) is 36.6 Å². The maximum Gasteiger partial charge on any atom is 0.269 e. The van der Waals surface area contributed by atoms with Gasteiger partial charge in [0.05, 0.1) is 4.88 Å². The second-order valence-electron chi connectivity index (χ2n) is 7.03. The minimum absolute atomic E-state index is 0.339. The fourth-order valence-corrected chi connectivity index (χ4v) is 4.23. The van der Waals surface area contributed by atoms with Gasteiger partial charge in [-0.2, -0.15) is 0 Å². The molecule has 0 aliphatic rings. The third-order valence-corrected chi connectivity index (χ3v) is 6.12. The lowest BCUT2D eigenvalue weighted by atomic mass is 10.1. The van der Waals surface area contributed by atoms with E-state index in [4.69, 9.17) is 0 Å². The molecule has 0 saturated heterocycles. The van der Waals surface area contributed by atoms with Crippen molar-refractivity contribution >= 4 is 40.8 Å². The van der Waals surface area contributed by atoms with Crippen molar-refractivity contribution in [1.82, 2.24) is 26.1 Å². The van der Waals surface area contributed by atoms with E-state index in [2.05, 4.69) is 26.1 Å². The molecule has 3 rings (SSSR count). The van der Waals surface area contributed by atoms with Crippen LogP contribution in [0.25, 0.3) is 0 Å². The van der Waals surface area contributed by atoms with Crippen LogP contribution in [0.2, 0.25) is 0 Å². The van der Waals surface area contributed by atoms with E-state index in [0.29, 0.717) is 21.3 Å². The van der Waals surface area contributed by atoms with Crippen LogP contribution in [0.15, 0.2) is 53.0 Å². The third kappa shape index (κ3) is 6.63. The van der Waals surface area contributed by atoms with Crippen molar-refractivity contribution in [3.63, 3.8) is 0 Å². The monoisotopic (exact) mass is 469 g/mol. The number of nitrogens with zero attached hydrogens (tertiary/aromatic N) is 2. The zero-order chi connectivity index (χ0) is 23.1. The summed E-state index contributed by atoms with van der Waals surface area (Å²) in [6, 6.07) is 11.6. The molecule has 3 amide bonds. The Bertz CT molecular complexity index is 1080. The molecular formula is C22H23N5O3S2. The van der Waals surface area contributed by atoms with Crippen molar-refractivity contribution in [2.75, 3.05) is 0 Å². The van der Waals surface area contributed by atoms with Gasteiger partial charge in [-0.05, 0) is 56.0 Å². The van der Waals surface area contributed by atoms with E-state index < -0.39 is 17.9 Å². The highest BCUT2D eigenvalue weighted by Gasteiger charge is 2.18. The van der Waals surface area contributed by atoms with Crippen LogP contribution in [0.3, 0.4) is 0 Å². The minimum atomic E-state index is -0.809. The fraction of sp³-hybridized carbons (Fsp3) is 0.227. The first-order chi connectivity index (χ1) is 15.3. The van der Waals surface area contributed by atoms with Crippen LogP contribution < -0.4 is 16.2 Å². The number of thioether (sulfide) groups is 1. The molecule has 8 nitrogen and oxygen atoms in total. The smallest absolute Gasteiger partial charge is 0.269 e. The molecule has 2 aromatic heterocycles. The van der Waals surface area contributed by atoms with Crippen LogP contribution in [0.4, 0.5) is 0 Å². The Morgan fingerprint density at radius 2 is 1.69 bits per heavy atom. The van der Waals surface area contributed by atoms with Gasteiger partial charge in [0.2, 0.25) is 0 Å². The summed E-state index contributed by atoms with van der Waals surface area (Å²) in [6.45, 7) is 5.41. The Balaban J connectivity index is 1.46. The Kier molecular flexibility index (Phi) is 7.96. The van der Waals surface area contributed by atoms with Crippen molar-refractivity contribution in [2.45, 2.75) is 37.7 Å². The van der Waals surface area contributed by atoms with Crippen LogP contribution in [-0.2, 0) is 10.5 Å². The molecular weight excluding hydrogens is 446 g/mol. The Labute approximate surface area is 194 Å². The van der Waals surface area contributed by atoms with E-state index >= 15 is 0 Å². The summed E-state index contributed by atoms with van der Waals surface area (Å²) in [6.07, 6.45) is 0. The molecule has 0 aliphatic carbocycles. The Morgan fingerprint density at radius 1 is 1.00 bits per heavy atom. The highest BCUT2D eigenvalue weighted by Crippen LogP contribution is 2.20. The van der Waals surface area contributed by atoms with E-state index in [1.807, 2.05) is 32.0 Å². The number of hydrogen-bond donors (Lipinski definition) is 3. The Hall–Kier alpha value is -3.24. The van der Waals surface area contributed by atoms with E-state index in [0.717, 1.165) is 17.0 Å². The maximum atomic E-state index is 12.3.